The molecule has 0 saturated carbocycles. The summed E-state index contributed by atoms with van der Waals surface area (Å²) in [5.74, 6) is 0.814. The Morgan fingerprint density at radius 2 is 1.71 bits per heavy atom. The number of ether oxygens (including phenoxy) is 1. The Balaban J connectivity index is 1.37. The number of aromatic nitrogens is 1. The molecule has 1 aliphatic heterocycles. The molecule has 0 atom stereocenters. The summed E-state index contributed by atoms with van der Waals surface area (Å²) in [5.41, 5.74) is 4.63. The summed E-state index contributed by atoms with van der Waals surface area (Å²) in [4.78, 5) is 21.6. The molecule has 2 heterocycles. The van der Waals surface area contributed by atoms with Gasteiger partial charge in [-0.3, -0.25) is 4.79 Å². The van der Waals surface area contributed by atoms with Crippen molar-refractivity contribution in [1.29, 1.82) is 0 Å². The van der Waals surface area contributed by atoms with Crippen LogP contribution in [0.1, 0.15) is 16.7 Å². The fourth-order valence-electron chi connectivity index (χ4n) is 3.48. The van der Waals surface area contributed by atoms with Crippen LogP contribution in [0.5, 0.6) is 5.75 Å². The van der Waals surface area contributed by atoms with Gasteiger partial charge in [-0.25, -0.2) is 4.98 Å². The van der Waals surface area contributed by atoms with Crippen LogP contribution in [-0.4, -0.2) is 48.6 Å². The van der Waals surface area contributed by atoms with E-state index in [4.69, 9.17) is 9.72 Å². The van der Waals surface area contributed by atoms with E-state index < -0.39 is 0 Å². The number of para-hydroxylation sites is 1. The van der Waals surface area contributed by atoms with Crippen molar-refractivity contribution in [3.63, 3.8) is 0 Å². The van der Waals surface area contributed by atoms with E-state index >= 15 is 0 Å². The first-order valence-electron chi connectivity index (χ1n) is 9.61. The largest absolute Gasteiger partial charge is 0.484 e. The van der Waals surface area contributed by atoms with Gasteiger partial charge in [0.2, 0.25) is 0 Å². The molecule has 0 N–H and O–H groups in total. The molecular formula is C22H25N3O2S. The van der Waals surface area contributed by atoms with Crippen molar-refractivity contribution in [2.75, 3.05) is 37.7 Å². The minimum absolute atomic E-state index is 0.0406. The maximum atomic E-state index is 12.5. The van der Waals surface area contributed by atoms with Crippen molar-refractivity contribution in [1.82, 2.24) is 9.88 Å². The minimum atomic E-state index is 0.0406. The molecule has 1 aliphatic rings. The standard InChI is InChI=1S/C22H25N3O2S/c1-15-6-4-5-7-18(15)27-14-19(26)24-10-12-25(13-11-24)22-23-20-16(2)8-9-17(3)21(20)28-22/h4-9H,10-14H2,1-3H3. The SMILES string of the molecule is Cc1ccccc1OCC(=O)N1CCN(c2nc3c(C)ccc(C)c3s2)CC1. The molecule has 0 spiro atoms. The lowest BCUT2D eigenvalue weighted by Gasteiger charge is -2.34. The van der Waals surface area contributed by atoms with E-state index in [0.717, 1.165) is 35.1 Å². The van der Waals surface area contributed by atoms with Crippen LogP contribution < -0.4 is 9.64 Å². The summed E-state index contributed by atoms with van der Waals surface area (Å²) in [6.45, 7) is 9.31. The summed E-state index contributed by atoms with van der Waals surface area (Å²) >= 11 is 1.75. The molecule has 4 rings (SSSR count). The lowest BCUT2D eigenvalue weighted by atomic mass is 10.1. The zero-order valence-corrected chi connectivity index (χ0v) is 17.4. The number of hydrogen-bond acceptors (Lipinski definition) is 5. The van der Waals surface area contributed by atoms with Crippen molar-refractivity contribution >= 4 is 32.6 Å². The molecular weight excluding hydrogens is 370 g/mol. The molecule has 3 aromatic rings. The van der Waals surface area contributed by atoms with Gasteiger partial charge < -0.3 is 14.5 Å². The monoisotopic (exact) mass is 395 g/mol. The number of carbonyl (C=O) groups excluding carboxylic acids is 1. The predicted molar refractivity (Wildman–Crippen MR) is 115 cm³/mol. The van der Waals surface area contributed by atoms with Crippen LogP contribution in [0.25, 0.3) is 10.2 Å². The van der Waals surface area contributed by atoms with Gasteiger partial charge in [-0.15, -0.1) is 0 Å². The van der Waals surface area contributed by atoms with Gasteiger partial charge in [0.05, 0.1) is 10.2 Å². The smallest absolute Gasteiger partial charge is 0.260 e. The van der Waals surface area contributed by atoms with Crippen molar-refractivity contribution < 1.29 is 9.53 Å². The third-order valence-electron chi connectivity index (χ3n) is 5.28. The lowest BCUT2D eigenvalue weighted by molar-refractivity contribution is -0.133. The fourth-order valence-corrected chi connectivity index (χ4v) is 4.64. The quantitative estimate of drug-likeness (QED) is 0.671. The number of anilines is 1. The Bertz CT molecular complexity index is 967. The number of fused-ring (bicyclic) bond motifs is 1. The summed E-state index contributed by atoms with van der Waals surface area (Å²) in [5, 5.41) is 1.05. The predicted octanol–water partition coefficient (Wildman–Crippen LogP) is 3.95. The fraction of sp³-hybridized carbons (Fsp3) is 0.364. The molecule has 146 valence electrons. The van der Waals surface area contributed by atoms with Gasteiger partial charge in [0.1, 0.15) is 5.75 Å². The van der Waals surface area contributed by atoms with Crippen LogP contribution in [0, 0.1) is 20.8 Å². The highest BCUT2D eigenvalue weighted by Crippen LogP contribution is 2.33. The van der Waals surface area contributed by atoms with Crippen LogP contribution in [-0.2, 0) is 4.79 Å². The molecule has 2 aromatic carbocycles. The van der Waals surface area contributed by atoms with Crippen LogP contribution in [0.4, 0.5) is 5.13 Å². The highest BCUT2D eigenvalue weighted by molar-refractivity contribution is 7.22. The Labute approximate surface area is 169 Å². The van der Waals surface area contributed by atoms with Gasteiger partial charge in [0, 0.05) is 26.2 Å². The van der Waals surface area contributed by atoms with Crippen LogP contribution in [0.15, 0.2) is 36.4 Å². The number of hydrogen-bond donors (Lipinski definition) is 0. The maximum Gasteiger partial charge on any atom is 0.260 e. The molecule has 0 radical (unpaired) electrons. The van der Waals surface area contributed by atoms with Gasteiger partial charge >= 0.3 is 0 Å². The first-order valence-corrected chi connectivity index (χ1v) is 10.4. The minimum Gasteiger partial charge on any atom is -0.484 e. The average molecular weight is 396 g/mol. The average Bonchev–Trinajstić information content (AvgIpc) is 3.17. The first-order chi connectivity index (χ1) is 13.5. The molecule has 1 amide bonds. The number of piperazine rings is 1. The molecule has 0 bridgehead atoms. The maximum absolute atomic E-state index is 12.5. The summed E-state index contributed by atoms with van der Waals surface area (Å²) in [6, 6.07) is 12.1. The van der Waals surface area contributed by atoms with Gasteiger partial charge in [-0.2, -0.15) is 0 Å². The second kappa shape index (κ2) is 7.80. The van der Waals surface area contributed by atoms with Gasteiger partial charge in [-0.05, 0) is 43.5 Å². The van der Waals surface area contributed by atoms with Crippen LogP contribution in [0.3, 0.4) is 0 Å². The van der Waals surface area contributed by atoms with E-state index in [0.29, 0.717) is 13.1 Å². The van der Waals surface area contributed by atoms with Crippen LogP contribution in [0.2, 0.25) is 0 Å². The molecule has 6 heteroatoms. The summed E-state index contributed by atoms with van der Waals surface area (Å²) in [6.07, 6.45) is 0. The number of amides is 1. The normalized spacial score (nSPS) is 14.5. The Morgan fingerprint density at radius 1 is 1.00 bits per heavy atom. The molecule has 1 saturated heterocycles. The van der Waals surface area contributed by atoms with E-state index in [1.54, 1.807) is 11.3 Å². The molecule has 1 aromatic heterocycles. The molecule has 28 heavy (non-hydrogen) atoms. The topological polar surface area (TPSA) is 45.7 Å². The Hall–Kier alpha value is -2.60. The third-order valence-corrected chi connectivity index (χ3v) is 6.53. The molecule has 0 aliphatic carbocycles. The number of aryl methyl sites for hydroxylation is 3. The van der Waals surface area contributed by atoms with Crippen molar-refractivity contribution in [3.8, 4) is 5.75 Å². The van der Waals surface area contributed by atoms with Crippen molar-refractivity contribution in [2.24, 2.45) is 0 Å². The highest BCUT2D eigenvalue weighted by atomic mass is 32.1. The van der Waals surface area contributed by atoms with Crippen molar-refractivity contribution in [3.05, 3.63) is 53.1 Å². The molecule has 1 fully saturated rings. The number of benzene rings is 2. The third kappa shape index (κ3) is 3.69. The Kier molecular flexibility index (Phi) is 5.22. The zero-order chi connectivity index (χ0) is 19.7. The van der Waals surface area contributed by atoms with Gasteiger partial charge in [-0.1, -0.05) is 41.7 Å². The first kappa shape index (κ1) is 18.7. The second-order valence-corrected chi connectivity index (χ2v) is 8.27. The van der Waals surface area contributed by atoms with Gasteiger partial charge in [0.25, 0.3) is 5.91 Å². The van der Waals surface area contributed by atoms with Gasteiger partial charge in [0.15, 0.2) is 11.7 Å². The molecule has 5 nitrogen and oxygen atoms in total. The van der Waals surface area contributed by atoms with E-state index in [-0.39, 0.29) is 12.5 Å². The summed E-state index contributed by atoms with van der Waals surface area (Å²) in [7, 11) is 0. The number of thiazole rings is 1. The summed E-state index contributed by atoms with van der Waals surface area (Å²) < 4.78 is 6.98. The lowest BCUT2D eigenvalue weighted by Crippen LogP contribution is -2.50. The van der Waals surface area contributed by atoms with E-state index in [1.807, 2.05) is 36.1 Å². The highest BCUT2D eigenvalue weighted by Gasteiger charge is 2.24. The number of carbonyl (C=O) groups is 1. The van der Waals surface area contributed by atoms with Crippen molar-refractivity contribution in [2.45, 2.75) is 20.8 Å². The van der Waals surface area contributed by atoms with Crippen LogP contribution >= 0.6 is 11.3 Å². The number of nitrogens with zero attached hydrogens (tertiary/aromatic N) is 3. The molecule has 0 unspecified atom stereocenters. The Morgan fingerprint density at radius 3 is 2.43 bits per heavy atom. The zero-order valence-electron chi connectivity index (χ0n) is 16.6. The second-order valence-electron chi connectivity index (χ2n) is 7.30. The van der Waals surface area contributed by atoms with E-state index in [1.165, 1.54) is 15.8 Å². The number of rotatable bonds is 4. The van der Waals surface area contributed by atoms with E-state index in [9.17, 15) is 4.79 Å². The van der Waals surface area contributed by atoms with E-state index in [2.05, 4.69) is 30.9 Å².